The van der Waals surface area contributed by atoms with Crippen LogP contribution in [0.1, 0.15) is 71.1 Å². The molecule has 0 aliphatic carbocycles. The quantitative estimate of drug-likeness (QED) is 0.181. The van der Waals surface area contributed by atoms with Crippen molar-refractivity contribution in [3.8, 4) is 0 Å². The molecule has 0 spiro atoms. The van der Waals surface area contributed by atoms with Crippen LogP contribution < -0.4 is 0 Å². The number of nitrogens with zero attached hydrogens (tertiary/aromatic N) is 2. The molecule has 7 heteroatoms. The molecule has 0 aromatic rings. The molecular formula is C18H27N2O5. The fourth-order valence-electron chi connectivity index (χ4n) is 2.25. The van der Waals surface area contributed by atoms with Gasteiger partial charge in [-0.25, -0.2) is 0 Å². The lowest BCUT2D eigenvalue weighted by molar-refractivity contribution is -0.427. The topological polar surface area (TPSA) is 103 Å². The van der Waals surface area contributed by atoms with Crippen molar-refractivity contribution in [3.05, 3.63) is 55.9 Å². The van der Waals surface area contributed by atoms with Crippen LogP contribution in [-0.4, -0.2) is 16.1 Å². The van der Waals surface area contributed by atoms with E-state index in [4.69, 9.17) is 0 Å². The summed E-state index contributed by atoms with van der Waals surface area (Å²) in [5, 5.41) is 21.8. The van der Waals surface area contributed by atoms with Crippen LogP contribution in [-0.2, 0) is 4.79 Å². The predicted molar refractivity (Wildman–Crippen MR) is 96.8 cm³/mol. The number of rotatable bonds is 15. The molecule has 0 N–H and O–H groups in total. The van der Waals surface area contributed by atoms with Crippen LogP contribution >= 0.6 is 0 Å². The number of unbranched alkanes of at least 4 members (excludes halogenated alkanes) is 6. The highest BCUT2D eigenvalue weighted by molar-refractivity contribution is 5.50. The first-order valence-corrected chi connectivity index (χ1v) is 8.69. The lowest BCUT2D eigenvalue weighted by atomic mass is 10.1. The maximum atomic E-state index is 11.0. The third-order valence-electron chi connectivity index (χ3n) is 3.59. The summed E-state index contributed by atoms with van der Waals surface area (Å²) in [5.74, 6) is 0. The van der Waals surface area contributed by atoms with Crippen molar-refractivity contribution in [1.82, 2.24) is 0 Å². The zero-order chi connectivity index (χ0) is 18.9. The molecule has 0 saturated carbocycles. The van der Waals surface area contributed by atoms with E-state index in [-0.39, 0.29) is 24.2 Å². The van der Waals surface area contributed by atoms with Gasteiger partial charge in [0, 0.05) is 6.42 Å². The Labute approximate surface area is 148 Å². The number of carbonyl (C=O) groups excluding carboxylic acids is 1. The second-order valence-corrected chi connectivity index (χ2v) is 5.64. The van der Waals surface area contributed by atoms with Crippen LogP contribution in [0.15, 0.2) is 35.7 Å². The fraction of sp³-hybridized carbons (Fsp3) is 0.611. The Morgan fingerprint density at radius 2 is 1.40 bits per heavy atom. The van der Waals surface area contributed by atoms with Gasteiger partial charge in [-0.3, -0.25) is 25.0 Å². The maximum Gasteiger partial charge on any atom is 0.246 e. The molecule has 7 nitrogen and oxygen atoms in total. The SMILES string of the molecule is CC/C=C(/C/C=C/C/C(=C/CCCCCCC[C]=O)[N+](=O)[O-])[N+](=O)[O-]. The predicted octanol–water partition coefficient (Wildman–Crippen LogP) is 4.89. The number of hydrogen-bond acceptors (Lipinski definition) is 5. The van der Waals surface area contributed by atoms with Crippen LogP contribution in [0.25, 0.3) is 0 Å². The van der Waals surface area contributed by atoms with Gasteiger partial charge in [-0.05, 0) is 37.8 Å². The van der Waals surface area contributed by atoms with E-state index >= 15 is 0 Å². The maximum absolute atomic E-state index is 11.0. The zero-order valence-electron chi connectivity index (χ0n) is 14.8. The Balaban J connectivity index is 4.22. The molecule has 139 valence electrons. The Kier molecular flexibility index (Phi) is 13.8. The van der Waals surface area contributed by atoms with Gasteiger partial charge in [0.1, 0.15) is 0 Å². The van der Waals surface area contributed by atoms with Gasteiger partial charge >= 0.3 is 0 Å². The van der Waals surface area contributed by atoms with E-state index in [2.05, 4.69) is 0 Å². The van der Waals surface area contributed by atoms with Gasteiger partial charge in [0.05, 0.1) is 22.7 Å². The van der Waals surface area contributed by atoms with Crippen molar-refractivity contribution >= 4 is 6.29 Å². The first-order valence-electron chi connectivity index (χ1n) is 8.69. The van der Waals surface area contributed by atoms with Crippen molar-refractivity contribution in [2.24, 2.45) is 0 Å². The minimum absolute atomic E-state index is 0.109. The number of nitro groups is 2. The molecule has 0 fully saturated rings. The van der Waals surface area contributed by atoms with Gasteiger partial charge in [-0.2, -0.15) is 0 Å². The molecule has 0 heterocycles. The minimum atomic E-state index is -0.425. The second-order valence-electron chi connectivity index (χ2n) is 5.64. The van der Waals surface area contributed by atoms with Crippen LogP contribution in [0.4, 0.5) is 0 Å². The fourth-order valence-corrected chi connectivity index (χ4v) is 2.25. The normalized spacial score (nSPS) is 12.5. The highest BCUT2D eigenvalue weighted by Gasteiger charge is 2.09. The van der Waals surface area contributed by atoms with Crippen molar-refractivity contribution < 1.29 is 14.6 Å². The molecular weight excluding hydrogens is 324 g/mol. The lowest BCUT2D eigenvalue weighted by Crippen LogP contribution is -1.98. The van der Waals surface area contributed by atoms with Gasteiger partial charge in [0.25, 0.3) is 0 Å². The summed E-state index contributed by atoms with van der Waals surface area (Å²) in [6, 6.07) is 0. The lowest BCUT2D eigenvalue weighted by Gasteiger charge is -1.98. The molecule has 0 aromatic heterocycles. The van der Waals surface area contributed by atoms with Crippen molar-refractivity contribution in [2.75, 3.05) is 0 Å². The van der Waals surface area contributed by atoms with Crippen molar-refractivity contribution in [2.45, 2.75) is 71.1 Å². The first kappa shape index (κ1) is 22.7. The summed E-state index contributed by atoms with van der Waals surface area (Å²) in [7, 11) is 0. The molecule has 0 aliphatic rings. The Bertz CT molecular complexity index is 510. The molecule has 0 rings (SSSR count). The van der Waals surface area contributed by atoms with Crippen LogP contribution in [0.2, 0.25) is 0 Å². The second kappa shape index (κ2) is 15.2. The average Bonchev–Trinajstić information content (AvgIpc) is 2.57. The minimum Gasteiger partial charge on any atom is -0.291 e. The van der Waals surface area contributed by atoms with Crippen LogP contribution in [0.3, 0.4) is 0 Å². The van der Waals surface area contributed by atoms with Crippen LogP contribution in [0, 0.1) is 20.2 Å². The monoisotopic (exact) mass is 351 g/mol. The van der Waals surface area contributed by atoms with Gasteiger partial charge in [0.15, 0.2) is 6.29 Å². The summed E-state index contributed by atoms with van der Waals surface area (Å²) in [6.07, 6.45) is 15.0. The molecule has 0 unspecified atom stereocenters. The Morgan fingerprint density at radius 1 is 0.880 bits per heavy atom. The standard InChI is InChI=1S/C18H27N2O5/c1-2-12-17(19(22)23)14-9-10-15-18(20(24)25)13-8-6-4-3-5-7-11-16-21/h9-10,12-13H,2-8,11,14-15H2,1H3/b10-9+,17-12-,18-13-. The largest absolute Gasteiger partial charge is 0.291 e. The van der Waals surface area contributed by atoms with E-state index in [0.717, 1.165) is 32.1 Å². The first-order chi connectivity index (χ1) is 12.0. The molecule has 1 radical (unpaired) electrons. The van der Waals surface area contributed by atoms with E-state index in [1.165, 1.54) is 0 Å². The van der Waals surface area contributed by atoms with Crippen molar-refractivity contribution in [3.63, 3.8) is 0 Å². The van der Waals surface area contributed by atoms with E-state index in [9.17, 15) is 25.0 Å². The van der Waals surface area contributed by atoms with E-state index in [1.54, 1.807) is 24.3 Å². The molecule has 0 saturated heterocycles. The van der Waals surface area contributed by atoms with Gasteiger partial charge in [0.2, 0.25) is 11.4 Å². The molecule has 0 aromatic carbocycles. The Hall–Kier alpha value is -2.31. The summed E-state index contributed by atoms with van der Waals surface area (Å²) in [6.45, 7) is 1.82. The molecule has 0 amide bonds. The van der Waals surface area contributed by atoms with E-state index in [0.29, 0.717) is 19.3 Å². The average molecular weight is 351 g/mol. The molecule has 0 bridgehead atoms. The van der Waals surface area contributed by atoms with Crippen molar-refractivity contribution in [1.29, 1.82) is 0 Å². The summed E-state index contributed by atoms with van der Waals surface area (Å²) in [4.78, 5) is 31.0. The number of allylic oxidation sites excluding steroid dienone is 4. The smallest absolute Gasteiger partial charge is 0.246 e. The highest BCUT2D eigenvalue weighted by atomic mass is 16.6. The van der Waals surface area contributed by atoms with Crippen LogP contribution in [0.5, 0.6) is 0 Å². The molecule has 25 heavy (non-hydrogen) atoms. The van der Waals surface area contributed by atoms with E-state index in [1.807, 2.05) is 13.2 Å². The number of hydrogen-bond donors (Lipinski definition) is 0. The third kappa shape index (κ3) is 12.7. The van der Waals surface area contributed by atoms with Gasteiger partial charge < -0.3 is 0 Å². The third-order valence-corrected chi connectivity index (χ3v) is 3.59. The highest BCUT2D eigenvalue weighted by Crippen LogP contribution is 2.12. The zero-order valence-corrected chi connectivity index (χ0v) is 14.8. The summed E-state index contributed by atoms with van der Waals surface area (Å²) < 4.78 is 0. The van der Waals surface area contributed by atoms with Gasteiger partial charge in [-0.15, -0.1) is 0 Å². The molecule has 0 aliphatic heterocycles. The summed E-state index contributed by atoms with van der Waals surface area (Å²) >= 11 is 0. The Morgan fingerprint density at radius 3 is 1.92 bits per heavy atom. The van der Waals surface area contributed by atoms with E-state index < -0.39 is 9.85 Å². The van der Waals surface area contributed by atoms with Gasteiger partial charge in [-0.1, -0.05) is 38.3 Å². The summed E-state index contributed by atoms with van der Waals surface area (Å²) in [5.41, 5.74) is 0.228. The molecule has 0 atom stereocenters.